The van der Waals surface area contributed by atoms with Crippen molar-refractivity contribution in [2.24, 2.45) is 0 Å². The van der Waals surface area contributed by atoms with Gasteiger partial charge in [0.15, 0.2) is 5.82 Å². The highest BCUT2D eigenvalue weighted by molar-refractivity contribution is 6.03. The SMILES string of the molecule is C1=CCCC(n2c(-c3cccc(-c4cccc5c4-c4ccccc4C54c5ccccc5-c5c(-c6nc(-c7ccccc7)c7ccccc7n6)cccc54)c3)nc3ccccc32)=C1. The predicted molar refractivity (Wildman–Crippen MR) is 254 cm³/mol. The van der Waals surface area contributed by atoms with Crippen molar-refractivity contribution in [1.29, 1.82) is 0 Å². The minimum Gasteiger partial charge on any atom is -0.296 e. The lowest BCUT2D eigenvalue weighted by atomic mass is 9.70. The van der Waals surface area contributed by atoms with Crippen molar-refractivity contribution in [3.63, 3.8) is 0 Å². The molecule has 3 aliphatic rings. The van der Waals surface area contributed by atoms with Gasteiger partial charge in [0.25, 0.3) is 0 Å². The Bertz CT molecular complexity index is 3540. The molecule has 0 aliphatic heterocycles. The number of hydrogen-bond acceptors (Lipinski definition) is 3. The predicted octanol–water partition coefficient (Wildman–Crippen LogP) is 14.2. The molecular weight excluding hydrogens is 753 g/mol. The van der Waals surface area contributed by atoms with E-state index in [2.05, 4.69) is 211 Å². The van der Waals surface area contributed by atoms with Crippen LogP contribution in [0, 0.1) is 0 Å². The number of aromatic nitrogens is 4. The fourth-order valence-corrected chi connectivity index (χ4v) is 10.8. The Morgan fingerprint density at radius 2 is 1.05 bits per heavy atom. The van der Waals surface area contributed by atoms with Gasteiger partial charge >= 0.3 is 0 Å². The van der Waals surface area contributed by atoms with Crippen LogP contribution in [0.1, 0.15) is 35.1 Å². The average molecular weight is 791 g/mol. The lowest BCUT2D eigenvalue weighted by Crippen LogP contribution is -2.25. The topological polar surface area (TPSA) is 43.6 Å². The molecule has 0 saturated heterocycles. The molecule has 0 radical (unpaired) electrons. The molecule has 0 fully saturated rings. The summed E-state index contributed by atoms with van der Waals surface area (Å²) in [5.41, 5.74) is 20.4. The molecule has 1 atom stereocenters. The zero-order valence-electron chi connectivity index (χ0n) is 33.8. The van der Waals surface area contributed by atoms with E-state index in [4.69, 9.17) is 15.0 Å². The minimum absolute atomic E-state index is 0.546. The third-order valence-electron chi connectivity index (χ3n) is 13.3. The zero-order chi connectivity index (χ0) is 40.8. The molecule has 2 heterocycles. The highest BCUT2D eigenvalue weighted by Gasteiger charge is 2.52. The van der Waals surface area contributed by atoms with E-state index in [0.717, 1.165) is 68.8 Å². The van der Waals surface area contributed by atoms with Gasteiger partial charge < -0.3 is 0 Å². The van der Waals surface area contributed by atoms with E-state index in [9.17, 15) is 0 Å². The van der Waals surface area contributed by atoms with Gasteiger partial charge in [-0.25, -0.2) is 15.0 Å². The second kappa shape index (κ2) is 13.5. The monoisotopic (exact) mass is 790 g/mol. The summed E-state index contributed by atoms with van der Waals surface area (Å²) in [5.74, 6) is 1.70. The molecule has 8 aromatic carbocycles. The Hall–Kier alpha value is -7.95. The molecule has 62 heavy (non-hydrogen) atoms. The van der Waals surface area contributed by atoms with Gasteiger partial charge in [-0.05, 0) is 98.8 Å². The first-order chi connectivity index (χ1) is 30.8. The molecule has 3 aliphatic carbocycles. The molecule has 13 rings (SSSR count). The molecule has 1 spiro atoms. The van der Waals surface area contributed by atoms with E-state index >= 15 is 0 Å². The molecule has 0 bridgehead atoms. The lowest BCUT2D eigenvalue weighted by Gasteiger charge is -2.30. The van der Waals surface area contributed by atoms with Crippen molar-refractivity contribution in [2.75, 3.05) is 0 Å². The van der Waals surface area contributed by atoms with Crippen LogP contribution in [0.3, 0.4) is 0 Å². The molecule has 0 saturated carbocycles. The van der Waals surface area contributed by atoms with Crippen LogP contribution in [0.5, 0.6) is 0 Å². The van der Waals surface area contributed by atoms with Crippen LogP contribution in [0.2, 0.25) is 0 Å². The molecule has 4 nitrogen and oxygen atoms in total. The largest absolute Gasteiger partial charge is 0.296 e. The fraction of sp³-hybridized carbons (Fsp3) is 0.0517. The normalized spacial score (nSPS) is 15.7. The first kappa shape index (κ1) is 34.9. The van der Waals surface area contributed by atoms with Crippen LogP contribution in [0.15, 0.2) is 206 Å². The summed E-state index contributed by atoms with van der Waals surface area (Å²) in [7, 11) is 0. The van der Waals surface area contributed by atoms with Gasteiger partial charge in [0, 0.05) is 27.8 Å². The van der Waals surface area contributed by atoms with Crippen molar-refractivity contribution >= 4 is 27.6 Å². The maximum absolute atomic E-state index is 5.41. The van der Waals surface area contributed by atoms with Crippen molar-refractivity contribution in [3.05, 3.63) is 229 Å². The number of fused-ring (bicyclic) bond motifs is 12. The van der Waals surface area contributed by atoms with Gasteiger partial charge in [0.05, 0.1) is 27.7 Å². The van der Waals surface area contributed by atoms with E-state index in [1.807, 2.05) is 0 Å². The quantitative estimate of drug-likeness (QED) is 0.174. The first-order valence-corrected chi connectivity index (χ1v) is 21.5. The van der Waals surface area contributed by atoms with E-state index in [0.29, 0.717) is 0 Å². The number of hydrogen-bond donors (Lipinski definition) is 0. The Balaban J connectivity index is 1.04. The molecule has 2 aromatic heterocycles. The summed E-state index contributed by atoms with van der Waals surface area (Å²) in [6.45, 7) is 0. The maximum atomic E-state index is 5.41. The second-order valence-electron chi connectivity index (χ2n) is 16.5. The van der Waals surface area contributed by atoms with Crippen LogP contribution in [-0.2, 0) is 5.41 Å². The number of nitrogens with zero attached hydrogens (tertiary/aromatic N) is 4. The number of rotatable bonds is 5. The summed E-state index contributed by atoms with van der Waals surface area (Å²) in [5, 5.41) is 1.04. The van der Waals surface area contributed by atoms with E-state index in [1.165, 1.54) is 61.3 Å². The number of benzene rings is 8. The van der Waals surface area contributed by atoms with Crippen molar-refractivity contribution in [1.82, 2.24) is 19.5 Å². The summed E-state index contributed by atoms with van der Waals surface area (Å²) in [6.07, 6.45) is 8.65. The first-order valence-electron chi connectivity index (χ1n) is 21.5. The summed E-state index contributed by atoms with van der Waals surface area (Å²) < 4.78 is 2.36. The van der Waals surface area contributed by atoms with Crippen LogP contribution < -0.4 is 0 Å². The van der Waals surface area contributed by atoms with Gasteiger partial charge in [0.2, 0.25) is 0 Å². The lowest BCUT2D eigenvalue weighted by molar-refractivity contribution is 0.794. The van der Waals surface area contributed by atoms with E-state index in [1.54, 1.807) is 0 Å². The maximum Gasteiger partial charge on any atom is 0.161 e. The van der Waals surface area contributed by atoms with Gasteiger partial charge in [0.1, 0.15) is 5.82 Å². The van der Waals surface area contributed by atoms with E-state index in [-0.39, 0.29) is 0 Å². The molecular formula is C58H38N4. The fourth-order valence-electron chi connectivity index (χ4n) is 10.8. The number of imidazole rings is 1. The molecule has 0 amide bonds. The van der Waals surface area contributed by atoms with Gasteiger partial charge in [-0.2, -0.15) is 0 Å². The summed E-state index contributed by atoms with van der Waals surface area (Å²) in [6, 6.07) is 68.1. The van der Waals surface area contributed by atoms with Crippen LogP contribution in [0.25, 0.3) is 95.0 Å². The molecule has 1 unspecified atom stereocenters. The van der Waals surface area contributed by atoms with Crippen molar-refractivity contribution < 1.29 is 0 Å². The zero-order valence-corrected chi connectivity index (χ0v) is 33.8. The van der Waals surface area contributed by atoms with Crippen molar-refractivity contribution in [3.8, 4) is 67.4 Å². The molecule has 0 N–H and O–H groups in total. The van der Waals surface area contributed by atoms with Gasteiger partial charge in [-0.15, -0.1) is 0 Å². The Morgan fingerprint density at radius 1 is 0.452 bits per heavy atom. The summed E-state index contributed by atoms with van der Waals surface area (Å²) >= 11 is 0. The van der Waals surface area contributed by atoms with Gasteiger partial charge in [-0.3, -0.25) is 4.57 Å². The van der Waals surface area contributed by atoms with Gasteiger partial charge in [-0.1, -0.05) is 176 Å². The second-order valence-corrected chi connectivity index (χ2v) is 16.5. The highest BCUT2D eigenvalue weighted by atomic mass is 15.1. The molecule has 290 valence electrons. The Kier molecular flexibility index (Phi) is 7.61. The van der Waals surface area contributed by atoms with Crippen LogP contribution in [-0.4, -0.2) is 19.5 Å². The Labute approximate surface area is 359 Å². The third kappa shape index (κ3) is 4.92. The summed E-state index contributed by atoms with van der Waals surface area (Å²) in [4.78, 5) is 16.0. The van der Waals surface area contributed by atoms with Crippen LogP contribution >= 0.6 is 0 Å². The van der Waals surface area contributed by atoms with Crippen molar-refractivity contribution in [2.45, 2.75) is 18.3 Å². The molecule has 4 heteroatoms. The number of para-hydroxylation sites is 3. The minimum atomic E-state index is -0.546. The third-order valence-corrected chi connectivity index (χ3v) is 13.3. The number of allylic oxidation sites excluding steroid dienone is 4. The highest BCUT2D eigenvalue weighted by Crippen LogP contribution is 2.65. The average Bonchev–Trinajstić information content (AvgIpc) is 3.99. The smallest absolute Gasteiger partial charge is 0.161 e. The molecule has 10 aromatic rings. The van der Waals surface area contributed by atoms with E-state index < -0.39 is 5.41 Å². The van der Waals surface area contributed by atoms with Crippen LogP contribution in [0.4, 0.5) is 0 Å². The standard InChI is InChI=1S/C58H38N4/c1-3-18-37(19-4-1)55-44-26-9-12-33-50(44)59-56(61-55)45-28-17-32-49-54(45)43-25-8-11-30-47(43)58(49)46-29-10-7-24-42(46)53-41(27-16-31-48(53)58)38-20-15-21-39(36-38)57-60-51-34-13-14-35-52(51)62(57)40-22-5-2-6-23-40/h1-5,7-22,24-36H,6,23H2. The Morgan fingerprint density at radius 3 is 1.82 bits per heavy atom.